The number of hydrogen-bond acceptors (Lipinski definition) is 4. The summed E-state index contributed by atoms with van der Waals surface area (Å²) in [5, 5.41) is 3.35. The second-order valence-corrected chi connectivity index (χ2v) is 4.60. The SMILES string of the molecule is Nc1ccc(CCNCCOCC2CC2)nc1. The summed E-state index contributed by atoms with van der Waals surface area (Å²) in [4.78, 5) is 4.25. The quantitative estimate of drug-likeness (QED) is 0.665. The van der Waals surface area contributed by atoms with Gasteiger partial charge in [0.25, 0.3) is 0 Å². The Bertz CT molecular complexity index is 322. The first kappa shape index (κ1) is 12.3. The predicted octanol–water partition coefficient (Wildman–Crippen LogP) is 1.22. The monoisotopic (exact) mass is 235 g/mol. The zero-order valence-electron chi connectivity index (χ0n) is 10.2. The summed E-state index contributed by atoms with van der Waals surface area (Å²) in [6.07, 6.45) is 5.35. The molecule has 94 valence electrons. The molecule has 1 aliphatic rings. The van der Waals surface area contributed by atoms with Crippen molar-refractivity contribution in [2.45, 2.75) is 19.3 Å². The van der Waals surface area contributed by atoms with Gasteiger partial charge in [0, 0.05) is 31.8 Å². The largest absolute Gasteiger partial charge is 0.397 e. The van der Waals surface area contributed by atoms with E-state index >= 15 is 0 Å². The fourth-order valence-corrected chi connectivity index (χ4v) is 1.60. The molecule has 0 spiro atoms. The highest BCUT2D eigenvalue weighted by Gasteiger charge is 2.20. The van der Waals surface area contributed by atoms with E-state index in [2.05, 4.69) is 10.3 Å². The standard InChI is InChI=1S/C13H21N3O/c14-12-3-4-13(16-9-12)5-6-15-7-8-17-10-11-1-2-11/h3-4,9,11,15H,1-2,5-8,10,14H2. The Morgan fingerprint density at radius 1 is 1.35 bits per heavy atom. The van der Waals surface area contributed by atoms with Crippen molar-refractivity contribution in [1.82, 2.24) is 10.3 Å². The molecule has 0 amide bonds. The van der Waals surface area contributed by atoms with Gasteiger partial charge in [-0.25, -0.2) is 0 Å². The van der Waals surface area contributed by atoms with Crippen molar-refractivity contribution in [3.05, 3.63) is 24.0 Å². The van der Waals surface area contributed by atoms with Gasteiger partial charge in [0.15, 0.2) is 0 Å². The number of rotatable bonds is 8. The van der Waals surface area contributed by atoms with Gasteiger partial charge in [0.1, 0.15) is 0 Å². The van der Waals surface area contributed by atoms with Gasteiger partial charge in [-0.15, -0.1) is 0 Å². The molecule has 0 unspecified atom stereocenters. The van der Waals surface area contributed by atoms with Gasteiger partial charge in [-0.2, -0.15) is 0 Å². The van der Waals surface area contributed by atoms with Crippen LogP contribution in [0.3, 0.4) is 0 Å². The van der Waals surface area contributed by atoms with Crippen LogP contribution in [0.2, 0.25) is 0 Å². The number of ether oxygens (including phenoxy) is 1. The van der Waals surface area contributed by atoms with Crippen LogP contribution in [0.4, 0.5) is 5.69 Å². The van der Waals surface area contributed by atoms with Crippen LogP contribution in [0.5, 0.6) is 0 Å². The molecular formula is C13H21N3O. The fraction of sp³-hybridized carbons (Fsp3) is 0.615. The third-order valence-electron chi connectivity index (χ3n) is 2.88. The molecule has 0 atom stereocenters. The Labute approximate surface area is 103 Å². The van der Waals surface area contributed by atoms with Gasteiger partial charge in [0.05, 0.1) is 18.5 Å². The second-order valence-electron chi connectivity index (χ2n) is 4.60. The summed E-state index contributed by atoms with van der Waals surface area (Å²) >= 11 is 0. The van der Waals surface area contributed by atoms with Gasteiger partial charge >= 0.3 is 0 Å². The molecule has 3 N–H and O–H groups in total. The summed E-state index contributed by atoms with van der Waals surface area (Å²) < 4.78 is 5.53. The maximum atomic E-state index is 5.57. The van der Waals surface area contributed by atoms with Crippen LogP contribution in [-0.2, 0) is 11.2 Å². The lowest BCUT2D eigenvalue weighted by Crippen LogP contribution is -2.22. The molecule has 1 aromatic heterocycles. The van der Waals surface area contributed by atoms with Crippen LogP contribution in [0.25, 0.3) is 0 Å². The van der Waals surface area contributed by atoms with Crippen LogP contribution < -0.4 is 11.1 Å². The Kier molecular flexibility index (Phi) is 4.76. The van der Waals surface area contributed by atoms with E-state index in [9.17, 15) is 0 Å². The van der Waals surface area contributed by atoms with E-state index in [1.807, 2.05) is 12.1 Å². The van der Waals surface area contributed by atoms with Crippen molar-refractivity contribution in [1.29, 1.82) is 0 Å². The summed E-state index contributed by atoms with van der Waals surface area (Å²) in [6, 6.07) is 3.86. The fourth-order valence-electron chi connectivity index (χ4n) is 1.60. The average Bonchev–Trinajstić information content (AvgIpc) is 3.14. The number of nitrogens with zero attached hydrogens (tertiary/aromatic N) is 1. The van der Waals surface area contributed by atoms with E-state index in [0.29, 0.717) is 0 Å². The number of nitrogens with one attached hydrogen (secondary N) is 1. The maximum absolute atomic E-state index is 5.57. The third-order valence-corrected chi connectivity index (χ3v) is 2.88. The van der Waals surface area contributed by atoms with Gasteiger partial charge in [-0.05, 0) is 30.9 Å². The molecule has 1 saturated carbocycles. The zero-order chi connectivity index (χ0) is 11.9. The Balaban J connectivity index is 1.46. The molecule has 0 bridgehead atoms. The van der Waals surface area contributed by atoms with Gasteiger partial charge < -0.3 is 15.8 Å². The van der Waals surface area contributed by atoms with Crippen molar-refractivity contribution in [2.24, 2.45) is 5.92 Å². The van der Waals surface area contributed by atoms with Crippen molar-refractivity contribution < 1.29 is 4.74 Å². The molecule has 4 nitrogen and oxygen atoms in total. The van der Waals surface area contributed by atoms with Crippen molar-refractivity contribution in [2.75, 3.05) is 32.0 Å². The molecule has 1 aromatic rings. The van der Waals surface area contributed by atoms with Crippen molar-refractivity contribution >= 4 is 5.69 Å². The average molecular weight is 235 g/mol. The molecule has 0 aliphatic heterocycles. The number of anilines is 1. The van der Waals surface area contributed by atoms with E-state index in [1.165, 1.54) is 12.8 Å². The van der Waals surface area contributed by atoms with E-state index in [0.717, 1.165) is 50.0 Å². The van der Waals surface area contributed by atoms with E-state index < -0.39 is 0 Å². The Morgan fingerprint density at radius 3 is 2.94 bits per heavy atom. The molecule has 1 aliphatic carbocycles. The summed E-state index contributed by atoms with van der Waals surface area (Å²) in [7, 11) is 0. The minimum Gasteiger partial charge on any atom is -0.397 e. The van der Waals surface area contributed by atoms with Gasteiger partial charge in [0.2, 0.25) is 0 Å². The molecule has 1 fully saturated rings. The van der Waals surface area contributed by atoms with Crippen LogP contribution in [0.1, 0.15) is 18.5 Å². The molecule has 4 heteroatoms. The first-order valence-corrected chi connectivity index (χ1v) is 6.33. The number of nitrogens with two attached hydrogens (primary N) is 1. The first-order chi connectivity index (χ1) is 8.34. The highest BCUT2D eigenvalue weighted by molar-refractivity contribution is 5.34. The molecule has 0 aromatic carbocycles. The molecular weight excluding hydrogens is 214 g/mol. The third kappa shape index (κ3) is 5.15. The lowest BCUT2D eigenvalue weighted by Gasteiger charge is -2.05. The van der Waals surface area contributed by atoms with Crippen molar-refractivity contribution in [3.63, 3.8) is 0 Å². The van der Waals surface area contributed by atoms with Crippen molar-refractivity contribution in [3.8, 4) is 0 Å². The Hall–Kier alpha value is -1.13. The van der Waals surface area contributed by atoms with E-state index in [4.69, 9.17) is 10.5 Å². The van der Waals surface area contributed by atoms with Gasteiger partial charge in [-0.1, -0.05) is 0 Å². The minimum atomic E-state index is 0.718. The van der Waals surface area contributed by atoms with Crippen LogP contribution in [0.15, 0.2) is 18.3 Å². The second kappa shape index (κ2) is 6.57. The van der Waals surface area contributed by atoms with Crippen LogP contribution in [0, 0.1) is 5.92 Å². The summed E-state index contributed by atoms with van der Waals surface area (Å²) in [6.45, 7) is 3.61. The molecule has 1 heterocycles. The number of pyridine rings is 1. The first-order valence-electron chi connectivity index (χ1n) is 6.33. The Morgan fingerprint density at radius 2 is 2.24 bits per heavy atom. The number of nitrogen functional groups attached to an aromatic ring is 1. The lowest BCUT2D eigenvalue weighted by molar-refractivity contribution is 0.126. The van der Waals surface area contributed by atoms with E-state index in [-0.39, 0.29) is 0 Å². The topological polar surface area (TPSA) is 60.2 Å². The van der Waals surface area contributed by atoms with Crippen LogP contribution >= 0.6 is 0 Å². The van der Waals surface area contributed by atoms with Gasteiger partial charge in [-0.3, -0.25) is 4.98 Å². The zero-order valence-corrected chi connectivity index (χ0v) is 10.2. The highest BCUT2D eigenvalue weighted by atomic mass is 16.5. The highest BCUT2D eigenvalue weighted by Crippen LogP contribution is 2.28. The smallest absolute Gasteiger partial charge is 0.0591 e. The summed E-state index contributed by atoms with van der Waals surface area (Å²) in [5.74, 6) is 0.856. The maximum Gasteiger partial charge on any atom is 0.0591 e. The molecule has 0 saturated heterocycles. The van der Waals surface area contributed by atoms with Crippen LogP contribution in [-0.4, -0.2) is 31.3 Å². The molecule has 17 heavy (non-hydrogen) atoms. The predicted molar refractivity (Wildman–Crippen MR) is 68.8 cm³/mol. The molecule has 0 radical (unpaired) electrons. The van der Waals surface area contributed by atoms with E-state index in [1.54, 1.807) is 6.20 Å². The molecule has 2 rings (SSSR count). The minimum absolute atomic E-state index is 0.718. The summed E-state index contributed by atoms with van der Waals surface area (Å²) in [5.41, 5.74) is 7.36. The lowest BCUT2D eigenvalue weighted by atomic mass is 10.2. The number of aromatic nitrogens is 1. The normalized spacial score (nSPS) is 15.1. The number of hydrogen-bond donors (Lipinski definition) is 2.